The lowest BCUT2D eigenvalue weighted by molar-refractivity contribution is -0.147. The van der Waals surface area contributed by atoms with Crippen LogP contribution in [-0.4, -0.2) is 75.2 Å². The number of hydrogen-bond acceptors (Lipinski definition) is 7. The van der Waals surface area contributed by atoms with E-state index in [0.29, 0.717) is 12.3 Å². The van der Waals surface area contributed by atoms with Crippen LogP contribution in [0.15, 0.2) is 11.8 Å². The molecular formula is C17H28N2O8. The van der Waals surface area contributed by atoms with Gasteiger partial charge in [-0.1, -0.05) is 13.8 Å². The number of carboxylic acid groups (broad SMARTS) is 1. The van der Waals surface area contributed by atoms with Crippen LogP contribution in [-0.2, 0) is 19.1 Å². The van der Waals surface area contributed by atoms with E-state index in [1.807, 2.05) is 13.8 Å². The van der Waals surface area contributed by atoms with Gasteiger partial charge in [-0.05, 0) is 18.4 Å². The molecule has 10 nitrogen and oxygen atoms in total. The summed E-state index contributed by atoms with van der Waals surface area (Å²) in [4.78, 5) is 34.2. The molecule has 0 aliphatic carbocycles. The van der Waals surface area contributed by atoms with Crippen molar-refractivity contribution < 1.29 is 39.5 Å². The molecule has 0 fully saturated rings. The summed E-state index contributed by atoms with van der Waals surface area (Å²) in [6.45, 7) is 4.81. The lowest BCUT2D eigenvalue weighted by atomic mass is 9.93. The maximum Gasteiger partial charge on any atom is 0.370 e. The van der Waals surface area contributed by atoms with Crippen molar-refractivity contribution in [3.05, 3.63) is 11.8 Å². The lowest BCUT2D eigenvalue weighted by Gasteiger charge is -2.38. The van der Waals surface area contributed by atoms with Crippen LogP contribution < -0.4 is 10.6 Å². The summed E-state index contributed by atoms with van der Waals surface area (Å²) >= 11 is 0. The first-order valence-electron chi connectivity index (χ1n) is 8.72. The molecule has 0 saturated heterocycles. The molecule has 0 bridgehead atoms. The average Bonchev–Trinajstić information content (AvgIpc) is 2.58. The van der Waals surface area contributed by atoms with E-state index in [2.05, 4.69) is 10.6 Å². The molecule has 6 N–H and O–H groups in total. The highest BCUT2D eigenvalue weighted by Gasteiger charge is 2.43. The molecule has 1 aliphatic heterocycles. The first-order chi connectivity index (χ1) is 12.5. The summed E-state index contributed by atoms with van der Waals surface area (Å²) in [5.74, 6) is -2.58. The highest BCUT2D eigenvalue weighted by atomic mass is 16.5. The number of aliphatic hydroxyl groups excluding tert-OH is 3. The van der Waals surface area contributed by atoms with E-state index in [-0.39, 0.29) is 18.9 Å². The molecular weight excluding hydrogens is 360 g/mol. The predicted octanol–water partition coefficient (Wildman–Crippen LogP) is -1.51. The van der Waals surface area contributed by atoms with E-state index in [0.717, 1.165) is 6.08 Å². The fraction of sp³-hybridized carbons (Fsp3) is 0.706. The number of carbonyl (C=O) groups excluding carboxylic acids is 2. The van der Waals surface area contributed by atoms with Crippen LogP contribution in [0.25, 0.3) is 0 Å². The maximum atomic E-state index is 11.7. The van der Waals surface area contributed by atoms with Crippen LogP contribution in [0.5, 0.6) is 0 Å². The highest BCUT2D eigenvalue weighted by molar-refractivity contribution is 5.84. The SMILES string of the molecule is CC(=O)NC1C(C(O)C(O)CNC(=O)CCC(C)C)OC(C(=O)O)=C[C@H]1O. The Bertz CT molecular complexity index is 577. The van der Waals surface area contributed by atoms with E-state index in [1.54, 1.807) is 0 Å². The zero-order valence-electron chi connectivity index (χ0n) is 15.6. The third-order valence-corrected chi connectivity index (χ3v) is 4.08. The lowest BCUT2D eigenvalue weighted by Crippen LogP contribution is -2.60. The fourth-order valence-corrected chi connectivity index (χ4v) is 2.58. The zero-order valence-corrected chi connectivity index (χ0v) is 15.6. The van der Waals surface area contributed by atoms with Crippen molar-refractivity contribution in [2.45, 2.75) is 64.1 Å². The van der Waals surface area contributed by atoms with Gasteiger partial charge in [-0.3, -0.25) is 9.59 Å². The quantitative estimate of drug-likeness (QED) is 0.277. The smallest absolute Gasteiger partial charge is 0.370 e. The Hall–Kier alpha value is -2.17. The van der Waals surface area contributed by atoms with Crippen LogP contribution >= 0.6 is 0 Å². The Morgan fingerprint density at radius 1 is 1.26 bits per heavy atom. The summed E-state index contributed by atoms with van der Waals surface area (Å²) in [6.07, 6.45) is -4.23. The predicted molar refractivity (Wildman–Crippen MR) is 93.3 cm³/mol. The second-order valence-corrected chi connectivity index (χ2v) is 6.93. The molecule has 5 atom stereocenters. The van der Waals surface area contributed by atoms with E-state index in [9.17, 15) is 29.7 Å². The molecule has 0 radical (unpaired) electrons. The van der Waals surface area contributed by atoms with Crippen molar-refractivity contribution in [3.63, 3.8) is 0 Å². The second-order valence-electron chi connectivity index (χ2n) is 6.93. The van der Waals surface area contributed by atoms with Gasteiger partial charge in [0.05, 0.1) is 6.04 Å². The third kappa shape index (κ3) is 7.16. The van der Waals surface area contributed by atoms with Gasteiger partial charge in [-0.25, -0.2) is 4.79 Å². The van der Waals surface area contributed by atoms with Gasteiger partial charge in [-0.15, -0.1) is 0 Å². The van der Waals surface area contributed by atoms with Gasteiger partial charge in [0.2, 0.25) is 17.6 Å². The molecule has 0 aromatic carbocycles. The van der Waals surface area contributed by atoms with E-state index >= 15 is 0 Å². The minimum atomic E-state index is -1.68. The van der Waals surface area contributed by atoms with Crippen LogP contribution in [0, 0.1) is 5.92 Å². The Labute approximate surface area is 157 Å². The molecule has 0 spiro atoms. The van der Waals surface area contributed by atoms with Crippen LogP contribution in [0.1, 0.15) is 33.6 Å². The first kappa shape index (κ1) is 22.9. The fourth-order valence-electron chi connectivity index (χ4n) is 2.58. The Morgan fingerprint density at radius 3 is 2.41 bits per heavy atom. The van der Waals surface area contributed by atoms with Crippen molar-refractivity contribution >= 4 is 17.8 Å². The van der Waals surface area contributed by atoms with E-state index in [1.165, 1.54) is 6.92 Å². The van der Waals surface area contributed by atoms with Gasteiger partial charge in [0.1, 0.15) is 18.3 Å². The summed E-state index contributed by atoms with van der Waals surface area (Å²) in [7, 11) is 0. The number of ether oxygens (including phenoxy) is 1. The molecule has 1 aliphatic rings. The number of hydrogen-bond donors (Lipinski definition) is 6. The van der Waals surface area contributed by atoms with Gasteiger partial charge in [0.25, 0.3) is 0 Å². The second kappa shape index (κ2) is 10.2. The molecule has 154 valence electrons. The number of aliphatic hydroxyl groups is 3. The van der Waals surface area contributed by atoms with Gasteiger partial charge in [0.15, 0.2) is 6.10 Å². The first-order valence-corrected chi connectivity index (χ1v) is 8.72. The molecule has 0 aromatic rings. The molecule has 10 heteroatoms. The third-order valence-electron chi connectivity index (χ3n) is 4.08. The van der Waals surface area contributed by atoms with Crippen molar-refractivity contribution in [3.8, 4) is 0 Å². The van der Waals surface area contributed by atoms with Crippen molar-refractivity contribution in [1.82, 2.24) is 10.6 Å². The van der Waals surface area contributed by atoms with Gasteiger partial charge >= 0.3 is 5.97 Å². The van der Waals surface area contributed by atoms with Gasteiger partial charge in [-0.2, -0.15) is 0 Å². The van der Waals surface area contributed by atoms with E-state index < -0.39 is 48.1 Å². The largest absolute Gasteiger partial charge is 0.478 e. The summed E-state index contributed by atoms with van der Waals surface area (Å²) in [6, 6.07) is -1.17. The molecule has 0 aromatic heterocycles. The zero-order chi connectivity index (χ0) is 20.7. The minimum Gasteiger partial charge on any atom is -0.478 e. The number of carboxylic acids is 1. The van der Waals surface area contributed by atoms with Crippen LogP contribution in [0.2, 0.25) is 0 Å². The van der Waals surface area contributed by atoms with Gasteiger partial charge < -0.3 is 35.8 Å². The van der Waals surface area contributed by atoms with Crippen molar-refractivity contribution in [2.24, 2.45) is 5.92 Å². The number of amides is 2. The highest BCUT2D eigenvalue weighted by Crippen LogP contribution is 2.23. The summed E-state index contributed by atoms with van der Waals surface area (Å²) in [5, 5.41) is 44.5. The molecule has 1 rings (SSSR count). The van der Waals surface area contributed by atoms with Crippen LogP contribution in [0.3, 0.4) is 0 Å². The molecule has 0 saturated carbocycles. The average molecular weight is 388 g/mol. The summed E-state index contributed by atoms with van der Waals surface area (Å²) in [5.41, 5.74) is 0. The number of nitrogens with one attached hydrogen (secondary N) is 2. The van der Waals surface area contributed by atoms with Crippen LogP contribution in [0.4, 0.5) is 0 Å². The van der Waals surface area contributed by atoms with E-state index in [4.69, 9.17) is 9.84 Å². The maximum absolute atomic E-state index is 11.7. The van der Waals surface area contributed by atoms with Gasteiger partial charge in [0, 0.05) is 19.9 Å². The standard InChI is InChI=1S/C17H28N2O8/c1-8(2)4-5-13(23)18-7-11(22)15(24)16-14(19-9(3)20)10(21)6-12(27-16)17(25)26/h6,8,10-11,14-16,21-22,24H,4-5,7H2,1-3H3,(H,18,23)(H,19,20)(H,25,26)/t10-,11?,14?,15?,16?/m1/s1. The molecule has 1 heterocycles. The molecule has 27 heavy (non-hydrogen) atoms. The normalized spacial score (nSPS) is 24.4. The monoisotopic (exact) mass is 388 g/mol. The summed E-state index contributed by atoms with van der Waals surface area (Å²) < 4.78 is 5.16. The Balaban J connectivity index is 2.78. The number of rotatable bonds is 9. The minimum absolute atomic E-state index is 0.263. The Kier molecular flexibility index (Phi) is 8.67. The number of carbonyl (C=O) groups is 3. The molecule has 4 unspecified atom stereocenters. The molecule has 2 amide bonds. The van der Waals surface area contributed by atoms with Crippen molar-refractivity contribution in [1.29, 1.82) is 0 Å². The van der Waals surface area contributed by atoms with Crippen molar-refractivity contribution in [2.75, 3.05) is 6.54 Å². The number of aliphatic carboxylic acids is 1. The Morgan fingerprint density at radius 2 is 1.89 bits per heavy atom. The topological polar surface area (TPSA) is 165 Å².